The summed E-state index contributed by atoms with van der Waals surface area (Å²) in [6.07, 6.45) is 0. The van der Waals surface area contributed by atoms with Crippen LogP contribution in [0.1, 0.15) is 13.8 Å². The van der Waals surface area contributed by atoms with Gasteiger partial charge in [0.1, 0.15) is 11.6 Å². The number of rotatable bonds is 4. The quantitative estimate of drug-likeness (QED) is 0.834. The number of phenols is 1. The second kappa shape index (κ2) is 5.10. The Hall–Kier alpha value is -1.01. The van der Waals surface area contributed by atoms with Crippen LogP contribution in [0.25, 0.3) is 0 Å². The minimum atomic E-state index is -3.58. The summed E-state index contributed by atoms with van der Waals surface area (Å²) < 4.78 is 38.3. The molecule has 0 heterocycles. The third-order valence-electron chi connectivity index (χ3n) is 1.86. The van der Waals surface area contributed by atoms with Gasteiger partial charge >= 0.3 is 0 Å². The van der Waals surface area contributed by atoms with Crippen LogP contribution in [0, 0.1) is 11.7 Å². The summed E-state index contributed by atoms with van der Waals surface area (Å²) in [5.74, 6) is -1.47. The first kappa shape index (κ1) is 14.1. The van der Waals surface area contributed by atoms with Gasteiger partial charge in [-0.25, -0.2) is 12.8 Å². The first-order chi connectivity index (χ1) is 7.71. The lowest BCUT2D eigenvalue weighted by atomic mass is 10.3. The summed E-state index contributed by atoms with van der Waals surface area (Å²) in [7, 11) is -3.58. The van der Waals surface area contributed by atoms with Crippen molar-refractivity contribution in [2.75, 3.05) is 10.5 Å². The number of hydrogen-bond acceptors (Lipinski definition) is 3. The van der Waals surface area contributed by atoms with E-state index in [1.54, 1.807) is 13.8 Å². The number of halogens is 2. The van der Waals surface area contributed by atoms with Gasteiger partial charge in [-0.3, -0.25) is 4.72 Å². The zero-order valence-corrected chi connectivity index (χ0v) is 10.9. The molecule has 0 saturated carbocycles. The van der Waals surface area contributed by atoms with E-state index in [0.717, 1.165) is 12.1 Å². The Kier molecular flexibility index (Phi) is 4.21. The molecule has 7 heteroatoms. The number of anilines is 1. The highest BCUT2D eigenvalue weighted by molar-refractivity contribution is 7.92. The zero-order chi connectivity index (χ0) is 13.2. The monoisotopic (exact) mass is 281 g/mol. The standard InChI is InChI=1S/C10H13ClFNO3S/c1-6(2)5-17(15,16)13-9-3-7(11)8(12)4-10(9)14/h3-4,6,13-14H,5H2,1-2H3. The predicted molar refractivity (Wildman–Crippen MR) is 65.3 cm³/mol. The van der Waals surface area contributed by atoms with Crippen molar-refractivity contribution in [1.82, 2.24) is 0 Å². The number of benzene rings is 1. The van der Waals surface area contributed by atoms with Crippen LogP contribution in [0.3, 0.4) is 0 Å². The summed E-state index contributed by atoms with van der Waals surface area (Å²) in [5, 5.41) is 9.13. The van der Waals surface area contributed by atoms with Crippen LogP contribution in [0.5, 0.6) is 5.75 Å². The predicted octanol–water partition coefficient (Wildman–Crippen LogP) is 2.58. The van der Waals surface area contributed by atoms with Crippen LogP contribution in [-0.2, 0) is 10.0 Å². The Morgan fingerprint density at radius 2 is 2.06 bits per heavy atom. The van der Waals surface area contributed by atoms with Crippen molar-refractivity contribution in [2.45, 2.75) is 13.8 Å². The van der Waals surface area contributed by atoms with E-state index >= 15 is 0 Å². The van der Waals surface area contributed by atoms with Crippen molar-refractivity contribution in [1.29, 1.82) is 0 Å². The van der Waals surface area contributed by atoms with Crippen LogP contribution in [0.15, 0.2) is 12.1 Å². The van der Waals surface area contributed by atoms with Crippen LogP contribution in [0.2, 0.25) is 5.02 Å². The molecule has 0 aliphatic carbocycles. The molecule has 0 aliphatic rings. The molecule has 1 aromatic carbocycles. The molecule has 0 saturated heterocycles. The topological polar surface area (TPSA) is 66.4 Å². The minimum absolute atomic E-state index is 0.0643. The fraction of sp³-hybridized carbons (Fsp3) is 0.400. The second-order valence-corrected chi connectivity index (χ2v) is 6.23. The van der Waals surface area contributed by atoms with Crippen molar-refractivity contribution < 1.29 is 17.9 Å². The third-order valence-corrected chi connectivity index (χ3v) is 3.78. The highest BCUT2D eigenvalue weighted by Gasteiger charge is 2.16. The third kappa shape index (κ3) is 4.05. The maximum atomic E-state index is 12.9. The summed E-state index contributed by atoms with van der Waals surface area (Å²) in [6.45, 7) is 3.49. The van der Waals surface area contributed by atoms with Crippen molar-refractivity contribution in [3.63, 3.8) is 0 Å². The van der Waals surface area contributed by atoms with Crippen LogP contribution in [-0.4, -0.2) is 19.3 Å². The van der Waals surface area contributed by atoms with E-state index in [1.165, 1.54) is 0 Å². The molecule has 1 aromatic rings. The van der Waals surface area contributed by atoms with Gasteiger partial charge in [0.15, 0.2) is 0 Å². The summed E-state index contributed by atoms with van der Waals surface area (Å²) in [6, 6.07) is 1.79. The Balaban J connectivity index is 3.00. The Morgan fingerprint density at radius 3 is 2.59 bits per heavy atom. The highest BCUT2D eigenvalue weighted by Crippen LogP contribution is 2.30. The molecule has 0 radical (unpaired) electrons. The van der Waals surface area contributed by atoms with E-state index in [2.05, 4.69) is 4.72 Å². The van der Waals surface area contributed by atoms with E-state index in [0.29, 0.717) is 0 Å². The van der Waals surface area contributed by atoms with E-state index in [9.17, 15) is 17.9 Å². The van der Waals surface area contributed by atoms with Gasteiger partial charge < -0.3 is 5.11 Å². The fourth-order valence-electron chi connectivity index (χ4n) is 1.27. The molecule has 17 heavy (non-hydrogen) atoms. The lowest BCUT2D eigenvalue weighted by Gasteiger charge is -2.11. The van der Waals surface area contributed by atoms with Gasteiger partial charge in [0.05, 0.1) is 16.5 Å². The molecular weight excluding hydrogens is 269 g/mol. The SMILES string of the molecule is CC(C)CS(=O)(=O)Nc1cc(Cl)c(F)cc1O. The first-order valence-electron chi connectivity index (χ1n) is 4.90. The highest BCUT2D eigenvalue weighted by atomic mass is 35.5. The van der Waals surface area contributed by atoms with Crippen molar-refractivity contribution in [3.8, 4) is 5.75 Å². The van der Waals surface area contributed by atoms with E-state index in [1.807, 2.05) is 0 Å². The average molecular weight is 282 g/mol. The maximum absolute atomic E-state index is 12.9. The van der Waals surface area contributed by atoms with Gasteiger partial charge in [-0.05, 0) is 12.0 Å². The van der Waals surface area contributed by atoms with E-state index < -0.39 is 21.6 Å². The normalized spacial score (nSPS) is 11.8. The van der Waals surface area contributed by atoms with Crippen LogP contribution < -0.4 is 4.72 Å². The number of phenolic OH excluding ortho intramolecular Hbond substituents is 1. The Labute approximate surface area is 104 Å². The second-order valence-electron chi connectivity index (χ2n) is 4.06. The van der Waals surface area contributed by atoms with Crippen LogP contribution in [0.4, 0.5) is 10.1 Å². The molecule has 1 rings (SSSR count). The summed E-state index contributed by atoms with van der Waals surface area (Å²) in [4.78, 5) is 0. The van der Waals surface area contributed by atoms with E-state index in [-0.39, 0.29) is 22.4 Å². The molecule has 96 valence electrons. The molecule has 0 aliphatic heterocycles. The first-order valence-corrected chi connectivity index (χ1v) is 6.93. The van der Waals surface area contributed by atoms with E-state index in [4.69, 9.17) is 11.6 Å². The molecule has 4 nitrogen and oxygen atoms in total. The average Bonchev–Trinajstić information content (AvgIpc) is 2.11. The van der Waals surface area contributed by atoms with Gasteiger partial charge in [-0.1, -0.05) is 25.4 Å². The van der Waals surface area contributed by atoms with Crippen molar-refractivity contribution in [3.05, 3.63) is 23.0 Å². The van der Waals surface area contributed by atoms with Gasteiger partial charge in [0, 0.05) is 6.07 Å². The molecular formula is C10H13ClFNO3S. The van der Waals surface area contributed by atoms with Gasteiger partial charge in [-0.15, -0.1) is 0 Å². The summed E-state index contributed by atoms with van der Waals surface area (Å²) in [5.41, 5.74) is -0.128. The number of nitrogens with one attached hydrogen (secondary N) is 1. The Morgan fingerprint density at radius 1 is 1.47 bits per heavy atom. The lowest BCUT2D eigenvalue weighted by molar-refractivity contribution is 0.471. The minimum Gasteiger partial charge on any atom is -0.506 e. The van der Waals surface area contributed by atoms with Gasteiger partial charge in [0.2, 0.25) is 10.0 Å². The molecule has 0 aromatic heterocycles. The molecule has 0 bridgehead atoms. The summed E-state index contributed by atoms with van der Waals surface area (Å²) >= 11 is 5.50. The number of aromatic hydroxyl groups is 1. The maximum Gasteiger partial charge on any atom is 0.233 e. The van der Waals surface area contributed by atoms with Gasteiger partial charge in [-0.2, -0.15) is 0 Å². The zero-order valence-electron chi connectivity index (χ0n) is 9.37. The molecule has 2 N–H and O–H groups in total. The molecule has 0 unspecified atom stereocenters. The molecule has 0 fully saturated rings. The van der Waals surface area contributed by atoms with Crippen molar-refractivity contribution >= 4 is 27.3 Å². The van der Waals surface area contributed by atoms with Crippen molar-refractivity contribution in [2.24, 2.45) is 5.92 Å². The van der Waals surface area contributed by atoms with Crippen LogP contribution >= 0.6 is 11.6 Å². The molecule has 0 amide bonds. The largest absolute Gasteiger partial charge is 0.506 e. The molecule has 0 atom stereocenters. The fourth-order valence-corrected chi connectivity index (χ4v) is 2.89. The number of sulfonamides is 1. The number of hydrogen-bond donors (Lipinski definition) is 2. The molecule has 0 spiro atoms. The lowest BCUT2D eigenvalue weighted by Crippen LogP contribution is -2.20. The van der Waals surface area contributed by atoms with Gasteiger partial charge in [0.25, 0.3) is 0 Å². The smallest absolute Gasteiger partial charge is 0.233 e. The Bertz CT molecular complexity index is 517.